The van der Waals surface area contributed by atoms with Crippen molar-refractivity contribution in [2.75, 3.05) is 5.32 Å². The van der Waals surface area contributed by atoms with Crippen LogP contribution in [-0.2, 0) is 4.79 Å². The molecular weight excluding hydrogens is 361 g/mol. The van der Waals surface area contributed by atoms with Crippen molar-refractivity contribution in [3.63, 3.8) is 0 Å². The average molecular weight is 382 g/mol. The lowest BCUT2D eigenvalue weighted by atomic mass is 10.0. The van der Waals surface area contributed by atoms with Crippen LogP contribution in [0, 0.1) is 20.8 Å². The fraction of sp³-hybridized carbons (Fsp3) is 0.353. The van der Waals surface area contributed by atoms with E-state index in [4.69, 9.17) is 28.9 Å². The summed E-state index contributed by atoms with van der Waals surface area (Å²) < 4.78 is 0. The fourth-order valence-electron chi connectivity index (χ4n) is 2.49. The summed E-state index contributed by atoms with van der Waals surface area (Å²) in [6.07, 6.45) is 1.81. The highest BCUT2D eigenvalue weighted by Gasteiger charge is 2.18. The van der Waals surface area contributed by atoms with Gasteiger partial charge >= 0.3 is 0 Å². The second-order valence-electron chi connectivity index (χ2n) is 5.96. The van der Waals surface area contributed by atoms with Crippen LogP contribution in [0.3, 0.4) is 0 Å². The predicted octanol–water partition coefficient (Wildman–Crippen LogP) is 3.41. The van der Waals surface area contributed by atoms with Crippen LogP contribution in [-0.4, -0.2) is 32.0 Å². The monoisotopic (exact) mass is 381 g/mol. The molecule has 4 N–H and O–H groups in total. The molecule has 0 fully saturated rings. The zero-order chi connectivity index (χ0) is 18.7. The Morgan fingerprint density at radius 1 is 1.40 bits per heavy atom. The number of amides is 1. The summed E-state index contributed by atoms with van der Waals surface area (Å²) in [5.41, 5.74) is 11.2. The van der Waals surface area contributed by atoms with E-state index in [2.05, 4.69) is 27.1 Å². The van der Waals surface area contributed by atoms with Crippen molar-refractivity contribution in [2.45, 2.75) is 38.1 Å². The Bertz CT molecular complexity index is 781. The Morgan fingerprint density at radius 2 is 2.08 bits per heavy atom. The maximum Gasteiger partial charge on any atom is 0.251 e. The van der Waals surface area contributed by atoms with Crippen LogP contribution in [0.4, 0.5) is 5.69 Å². The molecule has 0 aliphatic carbocycles. The van der Waals surface area contributed by atoms with Gasteiger partial charge in [-0.05, 0) is 38.8 Å². The molecule has 134 valence electrons. The van der Waals surface area contributed by atoms with E-state index >= 15 is 0 Å². The highest BCUT2D eigenvalue weighted by Crippen LogP contribution is 2.28. The number of aryl methyl sites for hydroxylation is 3. The molecule has 2 aromatic heterocycles. The molecule has 0 saturated heterocycles. The van der Waals surface area contributed by atoms with Crippen LogP contribution in [0.2, 0.25) is 0 Å². The van der Waals surface area contributed by atoms with E-state index < -0.39 is 10.9 Å². The SMILES string of the molecule is C=C(C[C@H](N)C(Cl)Cl)C(=O)Nc1cnc(-c2c(C)n[nH]c2C)c(C)c1. The highest BCUT2D eigenvalue weighted by atomic mass is 35.5. The van der Waals surface area contributed by atoms with Gasteiger partial charge < -0.3 is 11.1 Å². The second kappa shape index (κ2) is 7.99. The fourth-order valence-corrected chi connectivity index (χ4v) is 2.67. The molecule has 0 aromatic carbocycles. The maximum atomic E-state index is 12.2. The first-order chi connectivity index (χ1) is 11.7. The third-order valence-electron chi connectivity index (χ3n) is 3.83. The maximum absolute atomic E-state index is 12.2. The van der Waals surface area contributed by atoms with Gasteiger partial charge in [0.1, 0.15) is 4.84 Å². The van der Waals surface area contributed by atoms with Crippen LogP contribution < -0.4 is 11.1 Å². The smallest absolute Gasteiger partial charge is 0.251 e. The molecule has 1 atom stereocenters. The van der Waals surface area contributed by atoms with Crippen molar-refractivity contribution >= 4 is 34.8 Å². The van der Waals surface area contributed by atoms with Crippen molar-refractivity contribution < 1.29 is 4.79 Å². The summed E-state index contributed by atoms with van der Waals surface area (Å²) in [7, 11) is 0. The number of H-pyrrole nitrogens is 1. The van der Waals surface area contributed by atoms with Crippen LogP contribution in [0.1, 0.15) is 23.4 Å². The molecule has 0 bridgehead atoms. The number of aromatic nitrogens is 3. The van der Waals surface area contributed by atoms with E-state index in [0.717, 1.165) is 28.2 Å². The van der Waals surface area contributed by atoms with E-state index in [1.54, 1.807) is 6.20 Å². The number of nitrogens with two attached hydrogens (primary N) is 1. The minimum Gasteiger partial charge on any atom is -0.325 e. The lowest BCUT2D eigenvalue weighted by Crippen LogP contribution is -2.30. The zero-order valence-corrected chi connectivity index (χ0v) is 15.9. The normalized spacial score (nSPS) is 12.3. The molecule has 2 heterocycles. The Kier molecular flexibility index (Phi) is 6.21. The lowest BCUT2D eigenvalue weighted by Gasteiger charge is -2.14. The molecule has 25 heavy (non-hydrogen) atoms. The van der Waals surface area contributed by atoms with E-state index in [1.807, 2.05) is 26.8 Å². The molecule has 0 aliphatic heterocycles. The molecule has 1 amide bonds. The summed E-state index contributed by atoms with van der Waals surface area (Å²) in [4.78, 5) is 15.9. The van der Waals surface area contributed by atoms with Gasteiger partial charge in [0.25, 0.3) is 5.91 Å². The molecule has 0 unspecified atom stereocenters. The molecule has 0 saturated carbocycles. The van der Waals surface area contributed by atoms with Crippen LogP contribution in [0.25, 0.3) is 11.3 Å². The van der Waals surface area contributed by atoms with Crippen LogP contribution in [0.15, 0.2) is 24.4 Å². The molecular formula is C17H21Cl2N5O. The van der Waals surface area contributed by atoms with E-state index in [-0.39, 0.29) is 12.3 Å². The second-order valence-corrected chi connectivity index (χ2v) is 7.12. The molecule has 2 aromatic rings. The topological polar surface area (TPSA) is 96.7 Å². The van der Waals surface area contributed by atoms with Crippen molar-refractivity contribution in [1.82, 2.24) is 15.2 Å². The number of aromatic amines is 1. The van der Waals surface area contributed by atoms with E-state index in [1.165, 1.54) is 0 Å². The van der Waals surface area contributed by atoms with E-state index in [9.17, 15) is 4.79 Å². The van der Waals surface area contributed by atoms with Crippen LogP contribution >= 0.6 is 23.2 Å². The molecule has 8 heteroatoms. The van der Waals surface area contributed by atoms with Crippen molar-refractivity contribution in [3.05, 3.63) is 41.4 Å². The Morgan fingerprint density at radius 3 is 2.60 bits per heavy atom. The van der Waals surface area contributed by atoms with Gasteiger partial charge in [0.15, 0.2) is 0 Å². The number of hydrogen-bond acceptors (Lipinski definition) is 4. The highest BCUT2D eigenvalue weighted by molar-refractivity contribution is 6.44. The van der Waals surface area contributed by atoms with Gasteiger partial charge in [-0.3, -0.25) is 14.9 Å². The average Bonchev–Trinajstić information content (AvgIpc) is 2.86. The molecule has 0 spiro atoms. The summed E-state index contributed by atoms with van der Waals surface area (Å²) in [6.45, 7) is 9.53. The summed E-state index contributed by atoms with van der Waals surface area (Å²) >= 11 is 11.4. The third kappa shape index (κ3) is 4.60. The number of halogens is 2. The van der Waals surface area contributed by atoms with Crippen molar-refractivity contribution in [2.24, 2.45) is 5.73 Å². The summed E-state index contributed by atoms with van der Waals surface area (Å²) in [5, 5.41) is 9.90. The van der Waals surface area contributed by atoms with Gasteiger partial charge in [-0.25, -0.2) is 0 Å². The van der Waals surface area contributed by atoms with Gasteiger partial charge in [0, 0.05) is 22.9 Å². The largest absolute Gasteiger partial charge is 0.325 e. The first-order valence-corrected chi connectivity index (χ1v) is 8.59. The quantitative estimate of drug-likeness (QED) is 0.527. The number of hydrogen-bond donors (Lipinski definition) is 3. The Hall–Kier alpha value is -1.89. The number of alkyl halides is 2. The number of carbonyl (C=O) groups excluding carboxylic acids is 1. The summed E-state index contributed by atoms with van der Waals surface area (Å²) in [6, 6.07) is 1.31. The number of carbonyl (C=O) groups is 1. The number of nitrogens with zero attached hydrogens (tertiary/aromatic N) is 2. The Labute approximate surface area is 156 Å². The van der Waals surface area contributed by atoms with Crippen molar-refractivity contribution in [3.8, 4) is 11.3 Å². The van der Waals surface area contributed by atoms with E-state index in [0.29, 0.717) is 11.3 Å². The predicted molar refractivity (Wildman–Crippen MR) is 102 cm³/mol. The molecule has 2 rings (SSSR count). The van der Waals surface area contributed by atoms with Crippen molar-refractivity contribution in [1.29, 1.82) is 0 Å². The van der Waals surface area contributed by atoms with Gasteiger partial charge in [-0.15, -0.1) is 23.2 Å². The van der Waals surface area contributed by atoms with Crippen LogP contribution in [0.5, 0.6) is 0 Å². The van der Waals surface area contributed by atoms with Gasteiger partial charge in [0.2, 0.25) is 0 Å². The standard InChI is InChI=1S/C17H21Cl2N5O/c1-8-5-12(22-17(25)9(2)6-13(20)16(18)19)7-21-15(8)14-10(3)23-24-11(14)4/h5,7,13,16H,2,6,20H2,1,3-4H3,(H,22,25)(H,23,24)/t13-/m0/s1. The first-order valence-electron chi connectivity index (χ1n) is 7.72. The first kappa shape index (κ1) is 19.4. The Balaban J connectivity index is 2.13. The molecule has 0 radical (unpaired) electrons. The summed E-state index contributed by atoms with van der Waals surface area (Å²) in [5.74, 6) is -0.339. The molecule has 6 nitrogen and oxygen atoms in total. The van der Waals surface area contributed by atoms with Gasteiger partial charge in [-0.1, -0.05) is 6.58 Å². The zero-order valence-electron chi connectivity index (χ0n) is 14.4. The van der Waals surface area contributed by atoms with Gasteiger partial charge in [-0.2, -0.15) is 5.10 Å². The third-order valence-corrected chi connectivity index (χ3v) is 4.48. The minimum atomic E-state index is -0.755. The number of rotatable bonds is 6. The number of nitrogens with one attached hydrogen (secondary N) is 2. The molecule has 0 aliphatic rings. The number of anilines is 1. The van der Waals surface area contributed by atoms with Gasteiger partial charge in [0.05, 0.1) is 23.3 Å². The lowest BCUT2D eigenvalue weighted by molar-refractivity contribution is -0.113. The number of pyridine rings is 1. The minimum absolute atomic E-state index is 0.210.